The minimum absolute atomic E-state index is 0.0888. The molecule has 0 atom stereocenters. The zero-order valence-electron chi connectivity index (χ0n) is 17.1. The molecule has 1 amide bonds. The van der Waals surface area contributed by atoms with Gasteiger partial charge < -0.3 is 10.1 Å². The van der Waals surface area contributed by atoms with Gasteiger partial charge in [-0.25, -0.2) is 8.42 Å². The number of rotatable bonds is 11. The lowest BCUT2D eigenvalue weighted by molar-refractivity contribution is -0.123. The molecule has 3 aromatic rings. The van der Waals surface area contributed by atoms with Crippen molar-refractivity contribution in [3.8, 4) is 5.75 Å². The van der Waals surface area contributed by atoms with Crippen LogP contribution < -0.4 is 14.4 Å². The van der Waals surface area contributed by atoms with E-state index in [0.717, 1.165) is 12.2 Å². The summed E-state index contributed by atoms with van der Waals surface area (Å²) in [6.45, 7) is 0.501. The number of benzene rings is 2. The number of hydrogen-bond donors (Lipinski definition) is 1. The summed E-state index contributed by atoms with van der Waals surface area (Å²) in [6, 6.07) is 20.0. The van der Waals surface area contributed by atoms with Crippen LogP contribution >= 0.6 is 23.1 Å². The average Bonchev–Trinajstić information content (AvgIpc) is 3.34. The SMILES string of the molecule is CN(c1ccc(OCC(=O)NCCCSc2ccccc2)cc1)S(=O)(=O)c1cccs1. The average molecular weight is 477 g/mol. The molecule has 0 aliphatic heterocycles. The summed E-state index contributed by atoms with van der Waals surface area (Å²) >= 11 is 2.93. The highest BCUT2D eigenvalue weighted by molar-refractivity contribution is 7.99. The standard InChI is InChI=1S/C22H24N2O4S3/c1-24(31(26,27)22-9-5-15-30-22)18-10-12-19(13-11-18)28-17-21(25)23-14-6-16-29-20-7-3-2-4-8-20/h2-5,7-13,15H,6,14,16-17H2,1H3,(H,23,25). The maximum absolute atomic E-state index is 12.6. The van der Waals surface area contributed by atoms with Gasteiger partial charge in [-0.1, -0.05) is 24.3 Å². The van der Waals surface area contributed by atoms with E-state index in [9.17, 15) is 13.2 Å². The van der Waals surface area contributed by atoms with Crippen molar-refractivity contribution in [1.29, 1.82) is 0 Å². The summed E-state index contributed by atoms with van der Waals surface area (Å²) in [5.41, 5.74) is 0.515. The fraction of sp³-hybridized carbons (Fsp3) is 0.227. The second-order valence-corrected chi connectivity index (χ2v) is 10.9. The molecule has 0 spiro atoms. The van der Waals surface area contributed by atoms with Crippen molar-refractivity contribution in [1.82, 2.24) is 5.32 Å². The van der Waals surface area contributed by atoms with Crippen LogP contribution in [-0.4, -0.2) is 40.3 Å². The van der Waals surface area contributed by atoms with Crippen LogP contribution in [0.15, 0.2) is 81.2 Å². The number of anilines is 1. The molecule has 0 radical (unpaired) electrons. The van der Waals surface area contributed by atoms with Gasteiger partial charge in [0.25, 0.3) is 15.9 Å². The molecule has 3 rings (SSSR count). The normalized spacial score (nSPS) is 11.1. The van der Waals surface area contributed by atoms with Crippen LogP contribution in [0.5, 0.6) is 5.75 Å². The number of hydrogen-bond acceptors (Lipinski definition) is 6. The van der Waals surface area contributed by atoms with E-state index in [2.05, 4.69) is 17.4 Å². The van der Waals surface area contributed by atoms with Gasteiger partial charge >= 0.3 is 0 Å². The molecule has 0 saturated heterocycles. The molecule has 0 saturated carbocycles. The van der Waals surface area contributed by atoms with Gasteiger partial charge in [0.05, 0.1) is 5.69 Å². The lowest BCUT2D eigenvalue weighted by atomic mass is 10.3. The number of nitrogens with one attached hydrogen (secondary N) is 1. The maximum atomic E-state index is 12.6. The number of carbonyl (C=O) groups is 1. The highest BCUT2D eigenvalue weighted by Gasteiger charge is 2.22. The third-order valence-electron chi connectivity index (χ3n) is 4.34. The Bertz CT molecular complexity index is 1050. The molecule has 0 aliphatic rings. The first-order chi connectivity index (χ1) is 15.0. The molecule has 9 heteroatoms. The largest absolute Gasteiger partial charge is 0.484 e. The molecule has 6 nitrogen and oxygen atoms in total. The smallest absolute Gasteiger partial charge is 0.273 e. The second-order valence-electron chi connectivity index (χ2n) is 6.55. The highest BCUT2D eigenvalue weighted by Crippen LogP contribution is 2.26. The summed E-state index contributed by atoms with van der Waals surface area (Å²) < 4.78 is 32.2. The number of ether oxygens (including phenoxy) is 1. The Morgan fingerprint density at radius 1 is 1.06 bits per heavy atom. The first-order valence-electron chi connectivity index (χ1n) is 9.66. The van der Waals surface area contributed by atoms with Crippen LogP contribution in [0, 0.1) is 0 Å². The quantitative estimate of drug-likeness (QED) is 0.331. The lowest BCUT2D eigenvalue weighted by Crippen LogP contribution is -2.30. The van der Waals surface area contributed by atoms with Crippen molar-refractivity contribution in [2.75, 3.05) is 30.3 Å². The third kappa shape index (κ3) is 6.75. The Kier molecular flexibility index (Phi) is 8.39. The van der Waals surface area contributed by atoms with Gasteiger partial charge in [-0.05, 0) is 60.0 Å². The molecule has 0 bridgehead atoms. The van der Waals surface area contributed by atoms with Crippen LogP contribution in [0.1, 0.15) is 6.42 Å². The predicted octanol–water partition coefficient (Wildman–Crippen LogP) is 4.25. The van der Waals surface area contributed by atoms with Crippen LogP contribution in [0.2, 0.25) is 0 Å². The number of carbonyl (C=O) groups excluding carboxylic acids is 1. The summed E-state index contributed by atoms with van der Waals surface area (Å²) in [7, 11) is -2.07. The predicted molar refractivity (Wildman–Crippen MR) is 127 cm³/mol. The fourth-order valence-electron chi connectivity index (χ4n) is 2.64. The summed E-state index contributed by atoms with van der Waals surface area (Å²) in [6.07, 6.45) is 0.866. The lowest BCUT2D eigenvalue weighted by Gasteiger charge is -2.18. The first kappa shape index (κ1) is 23.2. The third-order valence-corrected chi connectivity index (χ3v) is 8.59. The number of nitrogens with zero attached hydrogens (tertiary/aromatic N) is 1. The van der Waals surface area contributed by atoms with Gasteiger partial charge in [0.2, 0.25) is 0 Å². The van der Waals surface area contributed by atoms with E-state index in [-0.39, 0.29) is 16.7 Å². The highest BCUT2D eigenvalue weighted by atomic mass is 32.2. The molecular weight excluding hydrogens is 452 g/mol. The summed E-state index contributed by atoms with van der Waals surface area (Å²) in [4.78, 5) is 13.2. The van der Waals surface area contributed by atoms with Crippen molar-refractivity contribution < 1.29 is 17.9 Å². The Hall–Kier alpha value is -2.49. The molecular formula is C22H24N2O4S3. The van der Waals surface area contributed by atoms with E-state index in [1.807, 2.05) is 18.2 Å². The number of thioether (sulfide) groups is 1. The van der Waals surface area contributed by atoms with E-state index >= 15 is 0 Å². The van der Waals surface area contributed by atoms with E-state index in [1.165, 1.54) is 27.6 Å². The van der Waals surface area contributed by atoms with Crippen LogP contribution in [0.25, 0.3) is 0 Å². The van der Waals surface area contributed by atoms with Gasteiger partial charge in [-0.3, -0.25) is 9.10 Å². The maximum Gasteiger partial charge on any atom is 0.273 e. The van der Waals surface area contributed by atoms with E-state index < -0.39 is 10.0 Å². The number of amides is 1. The Morgan fingerprint density at radius 3 is 2.48 bits per heavy atom. The van der Waals surface area contributed by atoms with Crippen molar-refractivity contribution in [3.05, 3.63) is 72.1 Å². The summed E-state index contributed by atoms with van der Waals surface area (Å²) in [5, 5.41) is 4.57. The minimum Gasteiger partial charge on any atom is -0.484 e. The Morgan fingerprint density at radius 2 is 1.81 bits per heavy atom. The Labute approximate surface area is 191 Å². The van der Waals surface area contributed by atoms with Gasteiger partial charge in [-0.15, -0.1) is 23.1 Å². The fourth-order valence-corrected chi connectivity index (χ4v) is 5.87. The van der Waals surface area contributed by atoms with E-state index in [1.54, 1.807) is 53.5 Å². The second kappa shape index (κ2) is 11.2. The van der Waals surface area contributed by atoms with Crippen LogP contribution in [0.3, 0.4) is 0 Å². The molecule has 1 heterocycles. The van der Waals surface area contributed by atoms with Gasteiger partial charge in [-0.2, -0.15) is 0 Å². The first-order valence-corrected chi connectivity index (χ1v) is 13.0. The van der Waals surface area contributed by atoms with Crippen molar-refractivity contribution in [3.63, 3.8) is 0 Å². The zero-order chi connectivity index (χ0) is 22.1. The topological polar surface area (TPSA) is 75.7 Å². The number of thiophene rings is 1. The van der Waals surface area contributed by atoms with Crippen molar-refractivity contribution in [2.24, 2.45) is 0 Å². The molecule has 0 unspecified atom stereocenters. The zero-order valence-corrected chi connectivity index (χ0v) is 19.5. The minimum atomic E-state index is -3.57. The molecule has 164 valence electrons. The van der Waals surface area contributed by atoms with Gasteiger partial charge in [0.1, 0.15) is 9.96 Å². The molecule has 1 N–H and O–H groups in total. The molecule has 2 aromatic carbocycles. The molecule has 0 fully saturated rings. The van der Waals surface area contributed by atoms with Gasteiger partial charge in [0.15, 0.2) is 6.61 Å². The summed E-state index contributed by atoms with van der Waals surface area (Å²) in [5.74, 6) is 1.24. The van der Waals surface area contributed by atoms with Crippen LogP contribution in [-0.2, 0) is 14.8 Å². The molecule has 1 aromatic heterocycles. The van der Waals surface area contributed by atoms with E-state index in [0.29, 0.717) is 18.0 Å². The molecule has 0 aliphatic carbocycles. The van der Waals surface area contributed by atoms with Gasteiger partial charge in [0, 0.05) is 18.5 Å². The van der Waals surface area contributed by atoms with Crippen molar-refractivity contribution >= 4 is 44.7 Å². The van der Waals surface area contributed by atoms with E-state index in [4.69, 9.17) is 4.74 Å². The van der Waals surface area contributed by atoms with Crippen molar-refractivity contribution in [2.45, 2.75) is 15.5 Å². The number of sulfonamides is 1. The van der Waals surface area contributed by atoms with Crippen LogP contribution in [0.4, 0.5) is 5.69 Å². The molecule has 31 heavy (non-hydrogen) atoms. The monoisotopic (exact) mass is 476 g/mol. The Balaban J connectivity index is 1.39.